The number of azo groups is 1. The fourth-order valence-electron chi connectivity index (χ4n) is 2.37. The third kappa shape index (κ3) is 17.9. The maximum atomic E-state index is 4.15. The average molecular weight is 301 g/mol. The minimum absolute atomic E-state index is 0.818. The van der Waals surface area contributed by atoms with Crippen molar-refractivity contribution in [3.05, 3.63) is 0 Å². The molecular weight excluding hydrogens is 264 g/mol. The normalized spacial score (nSPS) is 11.5. The van der Waals surface area contributed by atoms with Gasteiger partial charge in [0.1, 0.15) is 5.88 Å². The molecule has 3 heteroatoms. The highest BCUT2D eigenvalue weighted by molar-refractivity contribution is 7.98. The third-order valence-corrected chi connectivity index (χ3v) is 4.02. The lowest BCUT2D eigenvalue weighted by molar-refractivity contribution is 0.539. The van der Waals surface area contributed by atoms with Gasteiger partial charge in [0.25, 0.3) is 0 Å². The van der Waals surface area contributed by atoms with Crippen LogP contribution in [-0.4, -0.2) is 18.7 Å². The van der Waals surface area contributed by atoms with Crippen molar-refractivity contribution in [2.75, 3.05) is 18.7 Å². The fourth-order valence-corrected chi connectivity index (χ4v) is 2.57. The molecule has 0 aliphatic rings. The van der Waals surface area contributed by atoms with E-state index in [1.807, 2.05) is 0 Å². The molecule has 0 aromatic carbocycles. The molecule has 0 aliphatic heterocycles. The second-order valence-electron chi connectivity index (χ2n) is 5.67. The van der Waals surface area contributed by atoms with Crippen molar-refractivity contribution in [2.45, 2.75) is 90.4 Å². The van der Waals surface area contributed by atoms with Gasteiger partial charge in [-0.2, -0.15) is 10.2 Å². The molecule has 0 saturated heterocycles. The highest BCUT2D eigenvalue weighted by Gasteiger charge is 1.93. The van der Waals surface area contributed by atoms with Crippen molar-refractivity contribution >= 4 is 11.8 Å². The van der Waals surface area contributed by atoms with Crippen LogP contribution in [-0.2, 0) is 0 Å². The number of thioether (sulfide) groups is 1. The summed E-state index contributed by atoms with van der Waals surface area (Å²) in [6.45, 7) is 3.21. The van der Waals surface area contributed by atoms with Crippen LogP contribution in [0.1, 0.15) is 90.4 Å². The molecule has 0 amide bonds. The molecule has 0 radical (unpaired) electrons. The van der Waals surface area contributed by atoms with E-state index >= 15 is 0 Å². The van der Waals surface area contributed by atoms with Gasteiger partial charge < -0.3 is 0 Å². The van der Waals surface area contributed by atoms with Crippen LogP contribution >= 0.6 is 11.8 Å². The third-order valence-electron chi connectivity index (χ3n) is 3.65. The lowest BCUT2D eigenvalue weighted by atomic mass is 10.0. The molecule has 20 heavy (non-hydrogen) atoms. The first-order valence-corrected chi connectivity index (χ1v) is 10.1. The van der Waals surface area contributed by atoms with Gasteiger partial charge in [-0.15, -0.1) is 11.8 Å². The molecule has 0 aliphatic carbocycles. The SMILES string of the molecule is CCCCCCCCCCCCCCCN=NCSC. The van der Waals surface area contributed by atoms with Gasteiger partial charge in [0, 0.05) is 0 Å². The minimum atomic E-state index is 0.818. The maximum Gasteiger partial charge on any atom is 0.105 e. The van der Waals surface area contributed by atoms with Gasteiger partial charge in [0.05, 0.1) is 6.54 Å². The fraction of sp³-hybridized carbons (Fsp3) is 1.00. The summed E-state index contributed by atoms with van der Waals surface area (Å²) >= 11 is 1.73. The summed E-state index contributed by atoms with van der Waals surface area (Å²) in [5.41, 5.74) is 0. The van der Waals surface area contributed by atoms with Gasteiger partial charge >= 0.3 is 0 Å². The Bertz CT molecular complexity index is 195. The average Bonchev–Trinajstić information content (AvgIpc) is 2.47. The molecule has 0 aromatic heterocycles. The van der Waals surface area contributed by atoms with Crippen molar-refractivity contribution in [1.29, 1.82) is 0 Å². The zero-order valence-electron chi connectivity index (χ0n) is 13.9. The Balaban J connectivity index is 2.96. The molecular formula is C17H36N2S. The summed E-state index contributed by atoms with van der Waals surface area (Å²) < 4.78 is 0. The number of rotatable bonds is 16. The first-order valence-electron chi connectivity index (χ1n) is 8.74. The van der Waals surface area contributed by atoms with Crippen LogP contribution in [0.15, 0.2) is 10.2 Å². The molecule has 0 fully saturated rings. The zero-order valence-corrected chi connectivity index (χ0v) is 14.7. The van der Waals surface area contributed by atoms with Crippen LogP contribution in [0.5, 0.6) is 0 Å². The van der Waals surface area contributed by atoms with E-state index in [-0.39, 0.29) is 0 Å². The van der Waals surface area contributed by atoms with Crippen molar-refractivity contribution in [3.8, 4) is 0 Å². The Morgan fingerprint density at radius 3 is 1.50 bits per heavy atom. The first kappa shape index (κ1) is 19.9. The predicted octanol–water partition coefficient (Wildman–Crippen LogP) is 6.85. The highest BCUT2D eigenvalue weighted by atomic mass is 32.2. The van der Waals surface area contributed by atoms with Gasteiger partial charge in [0.15, 0.2) is 0 Å². The smallest absolute Gasteiger partial charge is 0.105 e. The van der Waals surface area contributed by atoms with Crippen LogP contribution in [0, 0.1) is 0 Å². The van der Waals surface area contributed by atoms with E-state index in [4.69, 9.17) is 0 Å². The van der Waals surface area contributed by atoms with E-state index < -0.39 is 0 Å². The summed E-state index contributed by atoms with van der Waals surface area (Å²) in [6.07, 6.45) is 20.3. The van der Waals surface area contributed by atoms with E-state index in [1.54, 1.807) is 11.8 Å². The molecule has 0 heterocycles. The Kier molecular flexibility index (Phi) is 18.9. The quantitative estimate of drug-likeness (QED) is 0.226. The zero-order chi connectivity index (χ0) is 14.7. The number of unbranched alkanes of at least 4 members (excludes halogenated alkanes) is 12. The van der Waals surface area contributed by atoms with Crippen LogP contribution in [0.3, 0.4) is 0 Å². The Hall–Kier alpha value is -0.0500. The molecule has 0 N–H and O–H groups in total. The van der Waals surface area contributed by atoms with Crippen molar-refractivity contribution in [2.24, 2.45) is 10.2 Å². The second kappa shape index (κ2) is 18.9. The Morgan fingerprint density at radius 1 is 0.600 bits per heavy atom. The van der Waals surface area contributed by atoms with Crippen LogP contribution in [0.25, 0.3) is 0 Å². The van der Waals surface area contributed by atoms with Gasteiger partial charge in [-0.3, -0.25) is 0 Å². The van der Waals surface area contributed by atoms with Gasteiger partial charge in [0.2, 0.25) is 0 Å². The molecule has 0 spiro atoms. The minimum Gasteiger partial charge on any atom is -0.193 e. The Morgan fingerprint density at radius 2 is 1.05 bits per heavy atom. The number of nitrogens with zero attached hydrogens (tertiary/aromatic N) is 2. The van der Waals surface area contributed by atoms with E-state index in [9.17, 15) is 0 Å². The molecule has 0 saturated carbocycles. The van der Waals surface area contributed by atoms with E-state index in [0.29, 0.717) is 0 Å². The van der Waals surface area contributed by atoms with Gasteiger partial charge in [-0.25, -0.2) is 0 Å². The molecule has 0 bridgehead atoms. The highest BCUT2D eigenvalue weighted by Crippen LogP contribution is 2.12. The van der Waals surface area contributed by atoms with E-state index in [2.05, 4.69) is 23.4 Å². The monoisotopic (exact) mass is 300 g/mol. The standard InChI is InChI=1S/C17H36N2S/c1-3-4-5-6-7-8-9-10-11-12-13-14-15-16-18-19-17-20-2/h3-17H2,1-2H3. The summed E-state index contributed by atoms with van der Waals surface area (Å²) in [5.74, 6) is 0.818. The first-order chi connectivity index (χ1) is 9.91. The molecule has 0 atom stereocenters. The number of hydrogen-bond donors (Lipinski definition) is 0. The van der Waals surface area contributed by atoms with Crippen molar-refractivity contribution in [1.82, 2.24) is 0 Å². The summed E-state index contributed by atoms with van der Waals surface area (Å²) in [7, 11) is 0. The van der Waals surface area contributed by atoms with Crippen LogP contribution in [0.2, 0.25) is 0 Å². The van der Waals surface area contributed by atoms with Crippen molar-refractivity contribution in [3.63, 3.8) is 0 Å². The molecule has 2 nitrogen and oxygen atoms in total. The molecule has 120 valence electrons. The van der Waals surface area contributed by atoms with E-state index in [0.717, 1.165) is 12.4 Å². The summed E-state index contributed by atoms with van der Waals surface area (Å²) in [5, 5.41) is 8.23. The maximum absolute atomic E-state index is 4.15. The lowest BCUT2D eigenvalue weighted by Crippen LogP contribution is -1.84. The van der Waals surface area contributed by atoms with Crippen LogP contribution < -0.4 is 0 Å². The molecule has 0 rings (SSSR count). The molecule has 0 unspecified atom stereocenters. The van der Waals surface area contributed by atoms with Crippen LogP contribution in [0.4, 0.5) is 0 Å². The largest absolute Gasteiger partial charge is 0.193 e. The topological polar surface area (TPSA) is 24.7 Å². The Labute approximate surface area is 131 Å². The van der Waals surface area contributed by atoms with Gasteiger partial charge in [-0.05, 0) is 12.7 Å². The summed E-state index contributed by atoms with van der Waals surface area (Å²) in [6, 6.07) is 0. The second-order valence-corrected chi connectivity index (χ2v) is 6.50. The predicted molar refractivity (Wildman–Crippen MR) is 93.8 cm³/mol. The van der Waals surface area contributed by atoms with E-state index in [1.165, 1.54) is 83.5 Å². The van der Waals surface area contributed by atoms with Crippen molar-refractivity contribution < 1.29 is 0 Å². The van der Waals surface area contributed by atoms with Gasteiger partial charge in [-0.1, -0.05) is 84.0 Å². The number of hydrogen-bond acceptors (Lipinski definition) is 3. The molecule has 0 aromatic rings. The lowest BCUT2D eigenvalue weighted by Gasteiger charge is -2.02. The summed E-state index contributed by atoms with van der Waals surface area (Å²) in [4.78, 5) is 0.